The highest BCUT2D eigenvalue weighted by atomic mass is 15.0. The molecular weight excluding hydrogens is 154 g/mol. The first-order chi connectivity index (χ1) is 5.86. The predicted molar refractivity (Wildman–Crippen MR) is 41.5 cm³/mol. The third-order valence-electron chi connectivity index (χ3n) is 1.11. The van der Waals surface area contributed by atoms with E-state index >= 15 is 0 Å². The van der Waals surface area contributed by atoms with Gasteiger partial charge in [0.25, 0.3) is 0 Å². The van der Waals surface area contributed by atoms with Crippen LogP contribution in [-0.2, 0) is 0 Å². The molecule has 5 heteroatoms. The first kappa shape index (κ1) is 7.83. The monoisotopic (exact) mass is 159 g/mol. The van der Waals surface area contributed by atoms with Crippen molar-refractivity contribution in [2.75, 3.05) is 5.32 Å². The number of imidazole rings is 1. The van der Waals surface area contributed by atoms with Gasteiger partial charge in [0, 0.05) is 6.20 Å². The second kappa shape index (κ2) is 3.79. The van der Waals surface area contributed by atoms with Gasteiger partial charge in [0.2, 0.25) is 0 Å². The quantitative estimate of drug-likeness (QED) is 0.623. The summed E-state index contributed by atoms with van der Waals surface area (Å²) in [6, 6.07) is 3.43. The summed E-state index contributed by atoms with van der Waals surface area (Å²) < 4.78 is 0. The molecule has 0 saturated carbocycles. The summed E-state index contributed by atoms with van der Waals surface area (Å²) in [6.07, 6.45) is 4.35. The van der Waals surface area contributed by atoms with Gasteiger partial charge in [-0.15, -0.1) is 0 Å². The van der Waals surface area contributed by atoms with Crippen LogP contribution < -0.4 is 5.32 Å². The molecule has 1 rings (SSSR count). The van der Waals surface area contributed by atoms with Gasteiger partial charge in [-0.1, -0.05) is 0 Å². The molecule has 2 N–H and O–H groups in total. The Morgan fingerprint density at radius 3 is 2.83 bits per heavy atom. The molecule has 0 bridgehead atoms. The maximum atomic E-state index is 8.35. The van der Waals surface area contributed by atoms with Crippen LogP contribution in [0.4, 0.5) is 5.82 Å². The molecule has 0 aliphatic heterocycles. The Hall–Kier alpha value is -2.27. The lowest BCUT2D eigenvalue weighted by atomic mass is 10.4. The highest BCUT2D eigenvalue weighted by molar-refractivity contribution is 5.43. The second-order valence-electron chi connectivity index (χ2n) is 1.89. The number of aromatic nitrogens is 2. The maximum absolute atomic E-state index is 8.35. The molecular formula is C7H5N5. The molecule has 0 amide bonds. The zero-order chi connectivity index (χ0) is 8.81. The smallest absolute Gasteiger partial charge is 0.145 e. The molecule has 0 aromatic carbocycles. The van der Waals surface area contributed by atoms with Crippen molar-refractivity contribution in [3.63, 3.8) is 0 Å². The van der Waals surface area contributed by atoms with Crippen LogP contribution in [0.25, 0.3) is 0 Å². The predicted octanol–water partition coefficient (Wildman–Crippen LogP) is 0.753. The van der Waals surface area contributed by atoms with E-state index in [9.17, 15) is 0 Å². The highest BCUT2D eigenvalue weighted by Gasteiger charge is 1.91. The summed E-state index contributed by atoms with van der Waals surface area (Å²) in [4.78, 5) is 6.49. The summed E-state index contributed by atoms with van der Waals surface area (Å²) in [5.74, 6) is 0.637. The molecule has 0 saturated heterocycles. The molecule has 1 heterocycles. The SMILES string of the molecule is N#CC(C#N)=CNc1cnc[nH]1. The van der Waals surface area contributed by atoms with Crippen molar-refractivity contribution in [1.82, 2.24) is 9.97 Å². The van der Waals surface area contributed by atoms with E-state index in [-0.39, 0.29) is 5.57 Å². The van der Waals surface area contributed by atoms with E-state index in [0.717, 1.165) is 0 Å². The molecule has 0 aliphatic carbocycles. The second-order valence-corrected chi connectivity index (χ2v) is 1.89. The van der Waals surface area contributed by atoms with Gasteiger partial charge >= 0.3 is 0 Å². The van der Waals surface area contributed by atoms with E-state index in [2.05, 4.69) is 15.3 Å². The zero-order valence-corrected chi connectivity index (χ0v) is 6.07. The fourth-order valence-electron chi connectivity index (χ4n) is 0.574. The van der Waals surface area contributed by atoms with Gasteiger partial charge in [-0.25, -0.2) is 4.98 Å². The molecule has 0 fully saturated rings. The first-order valence-electron chi connectivity index (χ1n) is 3.12. The van der Waals surface area contributed by atoms with E-state index < -0.39 is 0 Å². The Morgan fingerprint density at radius 1 is 1.58 bits per heavy atom. The Balaban J connectivity index is 2.63. The number of nitrogens with zero attached hydrogens (tertiary/aromatic N) is 3. The molecule has 12 heavy (non-hydrogen) atoms. The fraction of sp³-hybridized carbons (Fsp3) is 0. The van der Waals surface area contributed by atoms with Crippen molar-refractivity contribution < 1.29 is 0 Å². The lowest BCUT2D eigenvalue weighted by Crippen LogP contribution is -1.88. The van der Waals surface area contributed by atoms with Gasteiger partial charge in [-0.05, 0) is 0 Å². The van der Waals surface area contributed by atoms with Crippen LogP contribution in [0.2, 0.25) is 0 Å². The largest absolute Gasteiger partial charge is 0.345 e. The Labute approximate surface area is 69.0 Å². The summed E-state index contributed by atoms with van der Waals surface area (Å²) in [6.45, 7) is 0. The van der Waals surface area contributed by atoms with Gasteiger partial charge in [-0.2, -0.15) is 10.5 Å². The minimum absolute atomic E-state index is 0.0181. The Kier molecular flexibility index (Phi) is 2.47. The molecule has 0 spiro atoms. The van der Waals surface area contributed by atoms with Crippen LogP contribution in [0.5, 0.6) is 0 Å². The number of H-pyrrole nitrogens is 1. The number of hydrogen-bond donors (Lipinski definition) is 2. The number of hydrogen-bond acceptors (Lipinski definition) is 4. The number of allylic oxidation sites excluding steroid dienone is 1. The molecule has 0 atom stereocenters. The number of aromatic amines is 1. The normalized spacial score (nSPS) is 7.83. The molecule has 0 aliphatic rings. The topological polar surface area (TPSA) is 88.3 Å². The van der Waals surface area contributed by atoms with Gasteiger partial charge in [0.1, 0.15) is 23.5 Å². The van der Waals surface area contributed by atoms with Crippen molar-refractivity contribution in [3.8, 4) is 12.1 Å². The summed E-state index contributed by atoms with van der Waals surface area (Å²) in [5.41, 5.74) is 0.0181. The molecule has 1 aromatic rings. The van der Waals surface area contributed by atoms with Gasteiger partial charge in [0.05, 0.1) is 12.5 Å². The summed E-state index contributed by atoms with van der Waals surface area (Å²) >= 11 is 0. The molecule has 0 unspecified atom stereocenters. The number of nitrogens with one attached hydrogen (secondary N) is 2. The van der Waals surface area contributed by atoms with Crippen LogP contribution in [0.3, 0.4) is 0 Å². The van der Waals surface area contributed by atoms with Crippen molar-refractivity contribution in [3.05, 3.63) is 24.3 Å². The lowest BCUT2D eigenvalue weighted by molar-refractivity contribution is 1.31. The van der Waals surface area contributed by atoms with Crippen molar-refractivity contribution in [2.24, 2.45) is 0 Å². The Bertz CT molecular complexity index is 332. The summed E-state index contributed by atoms with van der Waals surface area (Å²) in [5, 5.41) is 19.4. The number of nitriles is 2. The zero-order valence-electron chi connectivity index (χ0n) is 6.07. The molecule has 0 radical (unpaired) electrons. The fourth-order valence-corrected chi connectivity index (χ4v) is 0.574. The van der Waals surface area contributed by atoms with E-state index in [1.54, 1.807) is 18.3 Å². The van der Waals surface area contributed by atoms with E-state index in [0.29, 0.717) is 5.82 Å². The first-order valence-corrected chi connectivity index (χ1v) is 3.12. The van der Waals surface area contributed by atoms with E-state index in [1.165, 1.54) is 12.5 Å². The number of rotatable bonds is 2. The van der Waals surface area contributed by atoms with Crippen LogP contribution in [0.15, 0.2) is 24.3 Å². The van der Waals surface area contributed by atoms with Crippen LogP contribution in [0, 0.1) is 22.7 Å². The molecule has 1 aromatic heterocycles. The average Bonchev–Trinajstić information content (AvgIpc) is 2.59. The highest BCUT2D eigenvalue weighted by Crippen LogP contribution is 1.98. The maximum Gasteiger partial charge on any atom is 0.145 e. The third-order valence-corrected chi connectivity index (χ3v) is 1.11. The van der Waals surface area contributed by atoms with Crippen LogP contribution in [0.1, 0.15) is 0 Å². The van der Waals surface area contributed by atoms with Crippen LogP contribution in [-0.4, -0.2) is 9.97 Å². The minimum Gasteiger partial charge on any atom is -0.345 e. The summed E-state index contributed by atoms with van der Waals surface area (Å²) in [7, 11) is 0. The van der Waals surface area contributed by atoms with Gasteiger partial charge in [0.15, 0.2) is 0 Å². The third kappa shape index (κ3) is 1.86. The standard InChI is InChI=1S/C7H5N5/c8-1-6(2-9)3-11-7-4-10-5-12-7/h3-5,11H,(H,10,12). The van der Waals surface area contributed by atoms with Crippen molar-refractivity contribution in [1.29, 1.82) is 10.5 Å². The van der Waals surface area contributed by atoms with Crippen molar-refractivity contribution in [2.45, 2.75) is 0 Å². The lowest BCUT2D eigenvalue weighted by Gasteiger charge is -1.91. The minimum atomic E-state index is 0.0181. The number of anilines is 1. The van der Waals surface area contributed by atoms with Crippen molar-refractivity contribution >= 4 is 5.82 Å². The average molecular weight is 159 g/mol. The van der Waals surface area contributed by atoms with Crippen LogP contribution >= 0.6 is 0 Å². The molecule has 5 nitrogen and oxygen atoms in total. The van der Waals surface area contributed by atoms with E-state index in [4.69, 9.17) is 10.5 Å². The molecule has 58 valence electrons. The van der Waals surface area contributed by atoms with E-state index in [1.807, 2.05) is 0 Å². The van der Waals surface area contributed by atoms with Gasteiger partial charge in [-0.3, -0.25) is 0 Å². The van der Waals surface area contributed by atoms with Gasteiger partial charge < -0.3 is 10.3 Å². The Morgan fingerprint density at radius 2 is 2.33 bits per heavy atom.